The molecule has 0 atom stereocenters. The number of fused-ring (bicyclic) bond motifs is 1. The third-order valence-corrected chi connectivity index (χ3v) is 3.90. The van der Waals surface area contributed by atoms with Crippen LogP contribution < -0.4 is 20.1 Å². The zero-order valence-electron chi connectivity index (χ0n) is 12.5. The predicted octanol–water partition coefficient (Wildman–Crippen LogP) is 3.30. The molecule has 23 heavy (non-hydrogen) atoms. The van der Waals surface area contributed by atoms with E-state index < -0.39 is 0 Å². The van der Waals surface area contributed by atoms with Crippen LogP contribution in [0.4, 0.5) is 5.69 Å². The molecule has 3 rings (SSSR count). The summed E-state index contributed by atoms with van der Waals surface area (Å²) < 4.78 is 11.6. The molecular formula is C17H17BrN2O3. The van der Waals surface area contributed by atoms with Crippen LogP contribution >= 0.6 is 15.9 Å². The van der Waals surface area contributed by atoms with Crippen LogP contribution in [-0.4, -0.2) is 19.2 Å². The van der Waals surface area contributed by atoms with Crippen LogP contribution in [0.25, 0.3) is 0 Å². The molecule has 5 nitrogen and oxygen atoms in total. The molecule has 0 fully saturated rings. The molecular weight excluding hydrogens is 360 g/mol. The Bertz CT molecular complexity index is 706. The minimum atomic E-state index is -0.0127. The van der Waals surface area contributed by atoms with Crippen molar-refractivity contribution in [3.63, 3.8) is 0 Å². The molecule has 0 radical (unpaired) electrons. The van der Waals surface area contributed by atoms with E-state index in [9.17, 15) is 4.79 Å². The largest absolute Gasteiger partial charge is 0.454 e. The highest BCUT2D eigenvalue weighted by molar-refractivity contribution is 9.10. The smallest absolute Gasteiger partial charge is 0.231 e. The van der Waals surface area contributed by atoms with Crippen molar-refractivity contribution in [1.29, 1.82) is 0 Å². The monoisotopic (exact) mass is 376 g/mol. The van der Waals surface area contributed by atoms with Crippen molar-refractivity contribution in [2.75, 3.05) is 18.7 Å². The van der Waals surface area contributed by atoms with Crippen molar-refractivity contribution >= 4 is 27.5 Å². The minimum absolute atomic E-state index is 0.0127. The van der Waals surface area contributed by atoms with Gasteiger partial charge in [-0.3, -0.25) is 4.79 Å². The molecule has 1 amide bonds. The fraction of sp³-hybridized carbons (Fsp3) is 0.235. The van der Waals surface area contributed by atoms with Crippen molar-refractivity contribution in [3.05, 3.63) is 52.5 Å². The van der Waals surface area contributed by atoms with Gasteiger partial charge in [-0.15, -0.1) is 0 Å². The maximum Gasteiger partial charge on any atom is 0.231 e. The highest BCUT2D eigenvalue weighted by atomic mass is 79.9. The molecule has 0 saturated carbocycles. The summed E-state index contributed by atoms with van der Waals surface area (Å²) in [6.07, 6.45) is 0.414. The lowest BCUT2D eigenvalue weighted by Crippen LogP contribution is -2.21. The summed E-state index contributed by atoms with van der Waals surface area (Å²) in [5, 5.41) is 6.12. The van der Waals surface area contributed by atoms with E-state index in [0.29, 0.717) is 19.5 Å². The van der Waals surface area contributed by atoms with Crippen LogP contribution in [0.5, 0.6) is 11.5 Å². The average Bonchev–Trinajstić information content (AvgIpc) is 2.99. The fourth-order valence-corrected chi connectivity index (χ4v) is 2.67. The number of hydrogen-bond acceptors (Lipinski definition) is 4. The van der Waals surface area contributed by atoms with Crippen LogP contribution in [-0.2, 0) is 11.3 Å². The SMILES string of the molecule is O=C(CCNCc1ccc2c(c1)OCO2)Nc1cccc(Br)c1. The van der Waals surface area contributed by atoms with Crippen molar-refractivity contribution in [2.24, 2.45) is 0 Å². The van der Waals surface area contributed by atoms with E-state index in [1.165, 1.54) is 0 Å². The fourth-order valence-electron chi connectivity index (χ4n) is 2.28. The van der Waals surface area contributed by atoms with Crippen LogP contribution in [0.2, 0.25) is 0 Å². The maximum absolute atomic E-state index is 11.9. The molecule has 2 N–H and O–H groups in total. The molecule has 0 aromatic heterocycles. The molecule has 1 aliphatic rings. The molecule has 1 heterocycles. The second kappa shape index (κ2) is 7.48. The van der Waals surface area contributed by atoms with Gasteiger partial charge in [0.15, 0.2) is 11.5 Å². The van der Waals surface area contributed by atoms with E-state index in [1.54, 1.807) is 0 Å². The number of benzene rings is 2. The molecule has 6 heteroatoms. The zero-order chi connectivity index (χ0) is 16.1. The zero-order valence-corrected chi connectivity index (χ0v) is 14.1. The van der Waals surface area contributed by atoms with Gasteiger partial charge in [0.1, 0.15) is 0 Å². The summed E-state index contributed by atoms with van der Waals surface area (Å²) in [5.74, 6) is 1.54. The number of hydrogen-bond donors (Lipinski definition) is 2. The van der Waals surface area contributed by atoms with Gasteiger partial charge in [-0.2, -0.15) is 0 Å². The number of rotatable bonds is 6. The Labute approximate surface area is 143 Å². The molecule has 120 valence electrons. The van der Waals surface area contributed by atoms with E-state index in [-0.39, 0.29) is 12.7 Å². The standard InChI is InChI=1S/C17H17BrN2O3/c18-13-2-1-3-14(9-13)20-17(21)6-7-19-10-12-4-5-15-16(8-12)23-11-22-15/h1-5,8-9,19H,6-7,10-11H2,(H,20,21). The van der Waals surface area contributed by atoms with Gasteiger partial charge in [-0.25, -0.2) is 0 Å². The lowest BCUT2D eigenvalue weighted by Gasteiger charge is -2.07. The number of ether oxygens (including phenoxy) is 2. The van der Waals surface area contributed by atoms with E-state index in [4.69, 9.17) is 9.47 Å². The first-order chi connectivity index (χ1) is 11.2. The molecule has 2 aromatic rings. The number of nitrogens with one attached hydrogen (secondary N) is 2. The van der Waals surface area contributed by atoms with Gasteiger partial charge in [0.2, 0.25) is 12.7 Å². The lowest BCUT2D eigenvalue weighted by molar-refractivity contribution is -0.116. The Morgan fingerprint density at radius 2 is 2.00 bits per heavy atom. The summed E-state index contributed by atoms with van der Waals surface area (Å²) in [4.78, 5) is 11.9. The summed E-state index contributed by atoms with van der Waals surface area (Å²) in [6.45, 7) is 1.57. The summed E-state index contributed by atoms with van der Waals surface area (Å²) in [6, 6.07) is 13.4. The first-order valence-electron chi connectivity index (χ1n) is 7.35. The summed E-state index contributed by atoms with van der Waals surface area (Å²) >= 11 is 3.38. The Morgan fingerprint density at radius 1 is 1.13 bits per heavy atom. The lowest BCUT2D eigenvalue weighted by atomic mass is 10.2. The number of anilines is 1. The molecule has 0 aliphatic carbocycles. The Kier molecular flexibility index (Phi) is 5.15. The van der Waals surface area contributed by atoms with Gasteiger partial charge in [-0.1, -0.05) is 28.1 Å². The third-order valence-electron chi connectivity index (χ3n) is 3.40. The molecule has 0 spiro atoms. The normalized spacial score (nSPS) is 12.2. The van der Waals surface area contributed by atoms with Gasteiger partial charge >= 0.3 is 0 Å². The van der Waals surface area contributed by atoms with E-state index in [2.05, 4.69) is 26.6 Å². The first-order valence-corrected chi connectivity index (χ1v) is 8.15. The highest BCUT2D eigenvalue weighted by Crippen LogP contribution is 2.32. The molecule has 0 bridgehead atoms. The van der Waals surface area contributed by atoms with Gasteiger partial charge in [0.05, 0.1) is 0 Å². The van der Waals surface area contributed by atoms with Crippen LogP contribution in [0, 0.1) is 0 Å². The van der Waals surface area contributed by atoms with Gasteiger partial charge in [-0.05, 0) is 35.9 Å². The van der Waals surface area contributed by atoms with E-state index in [0.717, 1.165) is 27.2 Å². The summed E-state index contributed by atoms with van der Waals surface area (Å²) in [7, 11) is 0. The third kappa shape index (κ3) is 4.46. The minimum Gasteiger partial charge on any atom is -0.454 e. The van der Waals surface area contributed by atoms with Crippen molar-refractivity contribution in [1.82, 2.24) is 5.32 Å². The molecule has 2 aromatic carbocycles. The second-order valence-electron chi connectivity index (χ2n) is 5.17. The summed E-state index contributed by atoms with van der Waals surface area (Å²) in [5.41, 5.74) is 1.89. The quantitative estimate of drug-likeness (QED) is 0.759. The average molecular weight is 377 g/mol. The highest BCUT2D eigenvalue weighted by Gasteiger charge is 2.12. The molecule has 0 saturated heterocycles. The van der Waals surface area contributed by atoms with Crippen LogP contribution in [0.15, 0.2) is 46.9 Å². The van der Waals surface area contributed by atoms with E-state index in [1.807, 2.05) is 42.5 Å². The number of halogens is 1. The number of carbonyl (C=O) groups excluding carboxylic acids is 1. The topological polar surface area (TPSA) is 59.6 Å². The first kappa shape index (κ1) is 15.8. The Morgan fingerprint density at radius 3 is 2.87 bits per heavy atom. The Balaban J connectivity index is 1.40. The molecule has 1 aliphatic heterocycles. The molecule has 0 unspecified atom stereocenters. The van der Waals surface area contributed by atoms with Gasteiger partial charge in [0, 0.05) is 29.7 Å². The second-order valence-corrected chi connectivity index (χ2v) is 6.09. The van der Waals surface area contributed by atoms with Crippen LogP contribution in [0.1, 0.15) is 12.0 Å². The number of amides is 1. The Hall–Kier alpha value is -2.05. The van der Waals surface area contributed by atoms with Gasteiger partial charge < -0.3 is 20.1 Å². The predicted molar refractivity (Wildman–Crippen MR) is 91.7 cm³/mol. The maximum atomic E-state index is 11.9. The van der Waals surface area contributed by atoms with Crippen molar-refractivity contribution in [2.45, 2.75) is 13.0 Å². The van der Waals surface area contributed by atoms with Crippen LogP contribution in [0.3, 0.4) is 0 Å². The van der Waals surface area contributed by atoms with E-state index >= 15 is 0 Å². The number of carbonyl (C=O) groups is 1. The van der Waals surface area contributed by atoms with Crippen molar-refractivity contribution in [3.8, 4) is 11.5 Å². The van der Waals surface area contributed by atoms with Crippen molar-refractivity contribution < 1.29 is 14.3 Å². The van der Waals surface area contributed by atoms with Gasteiger partial charge in [0.25, 0.3) is 0 Å².